The molecule has 0 aliphatic carbocycles. The lowest BCUT2D eigenvalue weighted by molar-refractivity contribution is -0.120. The van der Waals surface area contributed by atoms with Crippen LogP contribution in [0.25, 0.3) is 0 Å². The van der Waals surface area contributed by atoms with Crippen LogP contribution in [0.5, 0.6) is 0 Å². The van der Waals surface area contributed by atoms with E-state index in [-0.39, 0.29) is 23.4 Å². The smallest absolute Gasteiger partial charge is 0.241 e. The monoisotopic (exact) mass is 439 g/mol. The van der Waals surface area contributed by atoms with E-state index in [0.717, 1.165) is 22.6 Å². The molecular formula is C23H25N3O4S. The first-order valence-electron chi connectivity index (χ1n) is 10.1. The molecule has 0 spiro atoms. The van der Waals surface area contributed by atoms with Crippen molar-refractivity contribution < 1.29 is 17.6 Å². The van der Waals surface area contributed by atoms with Crippen molar-refractivity contribution in [3.63, 3.8) is 0 Å². The lowest BCUT2D eigenvalue weighted by atomic mass is 10.1. The van der Waals surface area contributed by atoms with Crippen LogP contribution in [0, 0.1) is 0 Å². The van der Waals surface area contributed by atoms with E-state index >= 15 is 0 Å². The van der Waals surface area contributed by atoms with Crippen LogP contribution in [-0.4, -0.2) is 31.8 Å². The van der Waals surface area contributed by atoms with E-state index in [1.807, 2.05) is 54.3 Å². The van der Waals surface area contributed by atoms with E-state index in [4.69, 9.17) is 9.56 Å². The SMILES string of the molecule is CC1Cc2cc(S(N)(=O)=O)ccc2N1C(=O)CN(Cc1ccccc1)Cc1ccco1. The van der Waals surface area contributed by atoms with Gasteiger partial charge in [0.05, 0.1) is 24.2 Å². The molecule has 0 radical (unpaired) electrons. The van der Waals surface area contributed by atoms with Crippen LogP contribution < -0.4 is 10.0 Å². The van der Waals surface area contributed by atoms with Crippen molar-refractivity contribution in [3.8, 4) is 0 Å². The molecule has 3 aromatic rings. The van der Waals surface area contributed by atoms with Crippen LogP contribution in [0.2, 0.25) is 0 Å². The van der Waals surface area contributed by atoms with Gasteiger partial charge in [-0.2, -0.15) is 0 Å². The zero-order chi connectivity index (χ0) is 22.0. The molecule has 2 aromatic carbocycles. The molecule has 0 bridgehead atoms. The summed E-state index contributed by atoms with van der Waals surface area (Å²) < 4.78 is 28.9. The van der Waals surface area contributed by atoms with Gasteiger partial charge in [-0.05, 0) is 54.8 Å². The Morgan fingerprint density at radius 3 is 2.58 bits per heavy atom. The van der Waals surface area contributed by atoms with Gasteiger partial charge in [0.15, 0.2) is 0 Å². The minimum absolute atomic E-state index is 0.0444. The fraction of sp³-hybridized carbons (Fsp3) is 0.261. The van der Waals surface area contributed by atoms with Crippen molar-refractivity contribution in [1.82, 2.24) is 4.90 Å². The number of benzene rings is 2. The van der Waals surface area contributed by atoms with Crippen LogP contribution in [0.15, 0.2) is 76.2 Å². The Balaban J connectivity index is 1.56. The Morgan fingerprint density at radius 1 is 1.13 bits per heavy atom. The van der Waals surface area contributed by atoms with Crippen molar-refractivity contribution in [1.29, 1.82) is 0 Å². The molecule has 0 saturated heterocycles. The fourth-order valence-corrected chi connectivity index (χ4v) is 4.63. The first-order chi connectivity index (χ1) is 14.8. The van der Waals surface area contributed by atoms with Gasteiger partial charge in [0.25, 0.3) is 0 Å². The molecule has 1 aliphatic rings. The van der Waals surface area contributed by atoms with Gasteiger partial charge in [0.2, 0.25) is 15.9 Å². The Morgan fingerprint density at radius 2 is 1.90 bits per heavy atom. The first-order valence-corrected chi connectivity index (χ1v) is 11.6. The number of hydrogen-bond acceptors (Lipinski definition) is 5. The van der Waals surface area contributed by atoms with Crippen molar-refractivity contribution in [2.24, 2.45) is 5.14 Å². The van der Waals surface area contributed by atoms with Gasteiger partial charge in [0, 0.05) is 18.3 Å². The summed E-state index contributed by atoms with van der Waals surface area (Å²) >= 11 is 0. The second kappa shape index (κ2) is 8.66. The lowest BCUT2D eigenvalue weighted by Crippen LogP contribution is -2.42. The number of carbonyl (C=O) groups excluding carboxylic acids is 1. The third kappa shape index (κ3) is 4.87. The minimum Gasteiger partial charge on any atom is -0.468 e. The summed E-state index contributed by atoms with van der Waals surface area (Å²) in [6.07, 6.45) is 2.21. The van der Waals surface area contributed by atoms with Gasteiger partial charge in [-0.1, -0.05) is 30.3 Å². The Hall–Kier alpha value is -2.94. The molecule has 1 amide bonds. The number of nitrogens with two attached hydrogens (primary N) is 1. The molecule has 8 heteroatoms. The Bertz CT molecular complexity index is 1160. The molecule has 1 aliphatic heterocycles. The highest BCUT2D eigenvalue weighted by Gasteiger charge is 2.32. The maximum Gasteiger partial charge on any atom is 0.241 e. The van der Waals surface area contributed by atoms with Crippen LogP contribution in [0.4, 0.5) is 5.69 Å². The van der Waals surface area contributed by atoms with Gasteiger partial charge >= 0.3 is 0 Å². The average molecular weight is 440 g/mol. The van der Waals surface area contributed by atoms with E-state index in [0.29, 0.717) is 19.5 Å². The molecule has 1 unspecified atom stereocenters. The van der Waals surface area contributed by atoms with Crippen LogP contribution in [0.1, 0.15) is 23.8 Å². The largest absolute Gasteiger partial charge is 0.468 e. The molecule has 162 valence electrons. The highest BCUT2D eigenvalue weighted by molar-refractivity contribution is 7.89. The van der Waals surface area contributed by atoms with E-state index < -0.39 is 10.0 Å². The highest BCUT2D eigenvalue weighted by Crippen LogP contribution is 2.34. The van der Waals surface area contributed by atoms with Crippen LogP contribution >= 0.6 is 0 Å². The quantitative estimate of drug-likeness (QED) is 0.611. The summed E-state index contributed by atoms with van der Waals surface area (Å²) in [6.45, 7) is 3.28. The third-order valence-electron chi connectivity index (χ3n) is 5.43. The normalized spacial score (nSPS) is 16.0. The second-order valence-electron chi connectivity index (χ2n) is 7.86. The number of fused-ring (bicyclic) bond motifs is 1. The predicted molar refractivity (Wildman–Crippen MR) is 118 cm³/mol. The van der Waals surface area contributed by atoms with Crippen molar-refractivity contribution >= 4 is 21.6 Å². The van der Waals surface area contributed by atoms with E-state index in [1.165, 1.54) is 6.07 Å². The molecule has 2 N–H and O–H groups in total. The third-order valence-corrected chi connectivity index (χ3v) is 6.34. The Kier molecular flexibility index (Phi) is 5.95. The number of furan rings is 1. The van der Waals surface area contributed by atoms with Crippen molar-refractivity contribution in [2.45, 2.75) is 37.4 Å². The molecule has 4 rings (SSSR count). The van der Waals surface area contributed by atoms with Gasteiger partial charge < -0.3 is 9.32 Å². The number of sulfonamides is 1. The predicted octanol–water partition coefficient (Wildman–Crippen LogP) is 2.91. The Labute approximate surface area is 182 Å². The number of rotatable bonds is 7. The van der Waals surface area contributed by atoms with Crippen LogP contribution in [-0.2, 0) is 34.3 Å². The lowest BCUT2D eigenvalue weighted by Gasteiger charge is -2.27. The van der Waals surface area contributed by atoms with Crippen LogP contribution in [0.3, 0.4) is 0 Å². The maximum atomic E-state index is 13.3. The molecule has 0 fully saturated rings. The summed E-state index contributed by atoms with van der Waals surface area (Å²) in [7, 11) is -3.78. The molecule has 0 saturated carbocycles. The van der Waals surface area contributed by atoms with Gasteiger partial charge in [-0.15, -0.1) is 0 Å². The fourth-order valence-electron chi connectivity index (χ4n) is 4.06. The summed E-state index contributed by atoms with van der Waals surface area (Å²) in [5, 5.41) is 5.26. The van der Waals surface area contributed by atoms with E-state index in [2.05, 4.69) is 0 Å². The molecule has 1 aromatic heterocycles. The summed E-state index contributed by atoms with van der Waals surface area (Å²) in [5.74, 6) is 0.744. The van der Waals surface area contributed by atoms with Crippen molar-refractivity contribution in [3.05, 3.63) is 83.8 Å². The molecule has 1 atom stereocenters. The number of anilines is 1. The number of primary sulfonamides is 1. The number of nitrogens with zero attached hydrogens (tertiary/aromatic N) is 2. The molecular weight excluding hydrogens is 414 g/mol. The first kappa shape index (κ1) is 21.3. The standard InChI is InChI=1S/C23H25N3O4S/c1-17-12-19-13-21(31(24,28)29)9-10-22(19)26(17)23(27)16-25(15-20-8-5-11-30-20)14-18-6-3-2-4-7-18/h2-11,13,17H,12,14-16H2,1H3,(H2,24,28,29). The van der Waals surface area contributed by atoms with Gasteiger partial charge in [0.1, 0.15) is 5.76 Å². The topological polar surface area (TPSA) is 96.8 Å². The molecule has 2 heterocycles. The number of hydrogen-bond donors (Lipinski definition) is 1. The molecule has 31 heavy (non-hydrogen) atoms. The molecule has 7 nitrogen and oxygen atoms in total. The van der Waals surface area contributed by atoms with Gasteiger partial charge in [-0.3, -0.25) is 9.69 Å². The van der Waals surface area contributed by atoms with E-state index in [1.54, 1.807) is 23.3 Å². The summed E-state index contributed by atoms with van der Waals surface area (Å²) in [5.41, 5.74) is 2.66. The number of carbonyl (C=O) groups is 1. The highest BCUT2D eigenvalue weighted by atomic mass is 32.2. The van der Waals surface area contributed by atoms with Crippen molar-refractivity contribution in [2.75, 3.05) is 11.4 Å². The van der Waals surface area contributed by atoms with Gasteiger partial charge in [-0.25, -0.2) is 13.6 Å². The summed E-state index contributed by atoms with van der Waals surface area (Å²) in [4.78, 5) is 17.2. The summed E-state index contributed by atoms with van der Waals surface area (Å²) in [6, 6.07) is 18.3. The average Bonchev–Trinajstić information content (AvgIpc) is 3.33. The van der Waals surface area contributed by atoms with E-state index in [9.17, 15) is 13.2 Å². The maximum absolute atomic E-state index is 13.3. The second-order valence-corrected chi connectivity index (χ2v) is 9.42. The number of amides is 1. The zero-order valence-corrected chi connectivity index (χ0v) is 18.1. The minimum atomic E-state index is -3.78. The zero-order valence-electron chi connectivity index (χ0n) is 17.3.